The first kappa shape index (κ1) is 19.7. The molecule has 2 aromatic carbocycles. The van der Waals surface area contributed by atoms with Crippen molar-refractivity contribution in [1.29, 1.82) is 5.26 Å². The summed E-state index contributed by atoms with van der Waals surface area (Å²) in [5, 5.41) is 12.2. The van der Waals surface area contributed by atoms with E-state index in [2.05, 4.69) is 16.4 Å². The second kappa shape index (κ2) is 8.39. The summed E-state index contributed by atoms with van der Waals surface area (Å²) in [6.07, 6.45) is 0. The van der Waals surface area contributed by atoms with E-state index in [1.165, 1.54) is 6.07 Å². The summed E-state index contributed by atoms with van der Waals surface area (Å²) in [6, 6.07) is 13.9. The van der Waals surface area contributed by atoms with Crippen LogP contribution in [0.1, 0.15) is 5.56 Å². The van der Waals surface area contributed by atoms with Crippen LogP contribution in [0.15, 0.2) is 53.6 Å². The summed E-state index contributed by atoms with van der Waals surface area (Å²) in [5.74, 6) is -1.29. The van der Waals surface area contributed by atoms with Crippen molar-refractivity contribution in [2.75, 3.05) is 17.9 Å². The number of carbonyl (C=O) groups excluding carboxylic acids is 1. The summed E-state index contributed by atoms with van der Waals surface area (Å²) in [5.41, 5.74) is 1.85. The Morgan fingerprint density at radius 2 is 1.93 bits per heavy atom. The molecule has 1 N–H and O–H groups in total. The largest absolute Gasteiger partial charge is 0.454 e. The van der Waals surface area contributed by atoms with Crippen LogP contribution < -0.4 is 14.8 Å². The van der Waals surface area contributed by atoms with Gasteiger partial charge in [-0.15, -0.1) is 0 Å². The molecule has 6 nitrogen and oxygen atoms in total. The monoisotopic (exact) mass is 425 g/mol. The van der Waals surface area contributed by atoms with Crippen LogP contribution >= 0.6 is 11.8 Å². The number of nitrogens with one attached hydrogen (secondary N) is 1. The lowest BCUT2D eigenvalue weighted by atomic mass is 10.1. The lowest BCUT2D eigenvalue weighted by Crippen LogP contribution is -2.14. The second-order valence-electron chi connectivity index (χ2n) is 6.19. The van der Waals surface area contributed by atoms with Gasteiger partial charge in [-0.2, -0.15) is 5.26 Å². The van der Waals surface area contributed by atoms with E-state index in [0.29, 0.717) is 27.8 Å². The molecular weight excluding hydrogens is 412 g/mol. The number of pyridine rings is 1. The zero-order chi connectivity index (χ0) is 21.1. The van der Waals surface area contributed by atoms with Crippen LogP contribution in [0, 0.1) is 23.0 Å². The van der Waals surface area contributed by atoms with Crippen molar-refractivity contribution in [2.45, 2.75) is 5.03 Å². The topological polar surface area (TPSA) is 84.2 Å². The first-order valence-electron chi connectivity index (χ1n) is 8.72. The number of fused-ring (bicyclic) bond motifs is 1. The van der Waals surface area contributed by atoms with E-state index in [1.54, 1.807) is 24.3 Å². The van der Waals surface area contributed by atoms with Crippen LogP contribution in [-0.2, 0) is 4.79 Å². The van der Waals surface area contributed by atoms with E-state index in [0.717, 1.165) is 29.5 Å². The molecule has 150 valence electrons. The Labute approximate surface area is 174 Å². The Bertz CT molecular complexity index is 1180. The van der Waals surface area contributed by atoms with Crippen LogP contribution in [0.2, 0.25) is 0 Å². The number of hydrogen-bond acceptors (Lipinski definition) is 6. The van der Waals surface area contributed by atoms with Gasteiger partial charge in [-0.3, -0.25) is 4.79 Å². The number of anilines is 1. The molecule has 9 heteroatoms. The number of rotatable bonds is 5. The van der Waals surface area contributed by atoms with E-state index in [9.17, 15) is 18.8 Å². The van der Waals surface area contributed by atoms with Crippen LogP contribution in [0.4, 0.5) is 14.5 Å². The second-order valence-corrected chi connectivity index (χ2v) is 7.16. The highest BCUT2D eigenvalue weighted by molar-refractivity contribution is 8.00. The summed E-state index contributed by atoms with van der Waals surface area (Å²) < 4.78 is 36.9. The standard InChI is InChI=1S/C21H13F2N3O3S/c22-15-4-3-14(8-16(15)23)25-20(27)10-30-21-13(9-24)1-5-17(26-21)12-2-6-18-19(7-12)29-11-28-18/h1-8H,10-11H2,(H,25,27). The highest BCUT2D eigenvalue weighted by atomic mass is 32.2. The van der Waals surface area contributed by atoms with Crippen molar-refractivity contribution < 1.29 is 23.0 Å². The fourth-order valence-corrected chi connectivity index (χ4v) is 3.53. The molecule has 30 heavy (non-hydrogen) atoms. The summed E-state index contributed by atoms with van der Waals surface area (Å²) in [7, 11) is 0. The van der Waals surface area contributed by atoms with Gasteiger partial charge in [-0.05, 0) is 42.5 Å². The molecule has 0 fully saturated rings. The number of aromatic nitrogens is 1. The first-order valence-corrected chi connectivity index (χ1v) is 9.71. The Balaban J connectivity index is 1.49. The Morgan fingerprint density at radius 3 is 2.73 bits per heavy atom. The van der Waals surface area contributed by atoms with Crippen LogP contribution in [0.25, 0.3) is 11.3 Å². The molecule has 1 amide bonds. The van der Waals surface area contributed by atoms with E-state index in [4.69, 9.17) is 9.47 Å². The van der Waals surface area contributed by atoms with E-state index in [-0.39, 0.29) is 18.2 Å². The van der Waals surface area contributed by atoms with Crippen LogP contribution in [0.3, 0.4) is 0 Å². The Hall–Kier alpha value is -3.64. The zero-order valence-corrected chi connectivity index (χ0v) is 16.1. The van der Waals surface area contributed by atoms with Gasteiger partial charge in [0, 0.05) is 17.3 Å². The van der Waals surface area contributed by atoms with Crippen molar-refractivity contribution in [1.82, 2.24) is 4.98 Å². The van der Waals surface area contributed by atoms with Crippen molar-refractivity contribution in [3.05, 3.63) is 65.7 Å². The molecule has 0 saturated carbocycles. The van der Waals surface area contributed by atoms with Gasteiger partial charge in [0.1, 0.15) is 11.1 Å². The first-order chi connectivity index (χ1) is 14.5. The third kappa shape index (κ3) is 4.18. The molecule has 0 atom stereocenters. The molecule has 2 heterocycles. The normalized spacial score (nSPS) is 11.8. The van der Waals surface area contributed by atoms with Gasteiger partial charge < -0.3 is 14.8 Å². The predicted molar refractivity (Wildman–Crippen MR) is 106 cm³/mol. The lowest BCUT2D eigenvalue weighted by molar-refractivity contribution is -0.113. The third-order valence-electron chi connectivity index (χ3n) is 4.19. The van der Waals surface area contributed by atoms with Crippen molar-refractivity contribution in [3.8, 4) is 28.8 Å². The fourth-order valence-electron chi connectivity index (χ4n) is 2.76. The molecule has 1 aromatic heterocycles. The number of ether oxygens (including phenoxy) is 2. The maximum absolute atomic E-state index is 13.3. The van der Waals surface area contributed by atoms with Gasteiger partial charge in [0.05, 0.1) is 17.0 Å². The SMILES string of the molecule is N#Cc1ccc(-c2ccc3c(c2)OCO3)nc1SCC(=O)Nc1ccc(F)c(F)c1. The van der Waals surface area contributed by atoms with Crippen molar-refractivity contribution >= 4 is 23.4 Å². The molecular formula is C21H13F2N3O3S. The van der Waals surface area contributed by atoms with Gasteiger partial charge in [-0.1, -0.05) is 11.8 Å². The summed E-state index contributed by atoms with van der Waals surface area (Å²) >= 11 is 1.07. The van der Waals surface area contributed by atoms with Gasteiger partial charge in [0.2, 0.25) is 12.7 Å². The lowest BCUT2D eigenvalue weighted by Gasteiger charge is -2.08. The van der Waals surface area contributed by atoms with Gasteiger partial charge in [0.25, 0.3) is 0 Å². The van der Waals surface area contributed by atoms with E-state index >= 15 is 0 Å². The molecule has 1 aliphatic rings. The highest BCUT2D eigenvalue weighted by Gasteiger charge is 2.16. The fraction of sp³-hybridized carbons (Fsp3) is 0.0952. The van der Waals surface area contributed by atoms with E-state index in [1.807, 2.05) is 6.07 Å². The number of nitriles is 1. The average molecular weight is 425 g/mol. The molecule has 0 unspecified atom stereocenters. The molecule has 0 aliphatic carbocycles. The van der Waals surface area contributed by atoms with Crippen molar-refractivity contribution in [3.63, 3.8) is 0 Å². The van der Waals surface area contributed by atoms with Crippen LogP contribution in [0.5, 0.6) is 11.5 Å². The van der Waals surface area contributed by atoms with Gasteiger partial charge in [0.15, 0.2) is 23.1 Å². The smallest absolute Gasteiger partial charge is 0.234 e. The molecule has 0 bridgehead atoms. The predicted octanol–water partition coefficient (Wildman–Crippen LogP) is 4.36. The van der Waals surface area contributed by atoms with Gasteiger partial charge in [-0.25, -0.2) is 13.8 Å². The number of carbonyl (C=O) groups is 1. The number of amides is 1. The number of halogens is 2. The molecule has 3 aromatic rings. The minimum atomic E-state index is -1.05. The van der Waals surface area contributed by atoms with Crippen LogP contribution in [-0.4, -0.2) is 23.4 Å². The number of benzene rings is 2. The number of thioether (sulfide) groups is 1. The molecule has 0 saturated heterocycles. The van der Waals surface area contributed by atoms with Gasteiger partial charge >= 0.3 is 0 Å². The summed E-state index contributed by atoms with van der Waals surface area (Å²) in [4.78, 5) is 16.7. The minimum Gasteiger partial charge on any atom is -0.454 e. The number of nitrogens with zero attached hydrogens (tertiary/aromatic N) is 2. The summed E-state index contributed by atoms with van der Waals surface area (Å²) in [6.45, 7) is 0.160. The third-order valence-corrected chi connectivity index (χ3v) is 5.18. The highest BCUT2D eigenvalue weighted by Crippen LogP contribution is 2.36. The zero-order valence-electron chi connectivity index (χ0n) is 15.3. The van der Waals surface area contributed by atoms with E-state index < -0.39 is 17.5 Å². The maximum Gasteiger partial charge on any atom is 0.234 e. The Morgan fingerprint density at radius 1 is 1.10 bits per heavy atom. The molecule has 0 spiro atoms. The Kier molecular flexibility index (Phi) is 5.50. The number of hydrogen-bond donors (Lipinski definition) is 1. The molecule has 0 radical (unpaired) electrons. The molecule has 1 aliphatic heterocycles. The average Bonchev–Trinajstić information content (AvgIpc) is 3.22. The maximum atomic E-state index is 13.3. The minimum absolute atomic E-state index is 0.0642. The quantitative estimate of drug-likeness (QED) is 0.612. The molecule has 4 rings (SSSR count). The van der Waals surface area contributed by atoms with Crippen molar-refractivity contribution in [2.24, 2.45) is 0 Å².